The second-order valence-electron chi connectivity index (χ2n) is 4.81. The second kappa shape index (κ2) is 8.84. The van der Waals surface area contributed by atoms with E-state index in [2.05, 4.69) is 21.9 Å². The van der Waals surface area contributed by atoms with E-state index in [0.717, 1.165) is 25.7 Å². The predicted molar refractivity (Wildman–Crippen MR) is 78.9 cm³/mol. The summed E-state index contributed by atoms with van der Waals surface area (Å²) in [5.41, 5.74) is 0.263. The molecule has 21 heavy (non-hydrogen) atoms. The maximum Gasteiger partial charge on any atom is 0.326 e. The molecule has 0 bridgehead atoms. The van der Waals surface area contributed by atoms with Crippen molar-refractivity contribution >= 4 is 11.9 Å². The summed E-state index contributed by atoms with van der Waals surface area (Å²) in [4.78, 5) is 31.0. The van der Waals surface area contributed by atoms with Gasteiger partial charge in [-0.05, 0) is 26.2 Å². The fraction of sp³-hybridized carbons (Fsp3) is 0.467. The lowest BCUT2D eigenvalue weighted by Crippen LogP contribution is -2.40. The summed E-state index contributed by atoms with van der Waals surface area (Å²) in [6.45, 7) is 5.35. The maximum atomic E-state index is 11.9. The van der Waals surface area contributed by atoms with E-state index in [1.165, 1.54) is 12.4 Å². The Morgan fingerprint density at radius 2 is 2.00 bits per heavy atom. The minimum Gasteiger partial charge on any atom is -0.480 e. The fourth-order valence-corrected chi connectivity index (χ4v) is 1.82. The number of unbranched alkanes of at least 4 members (excludes halogenated alkanes) is 3. The number of aromatic nitrogens is 2. The molecular weight excluding hydrogens is 270 g/mol. The number of carbonyl (C=O) groups excluding carboxylic acids is 1. The van der Waals surface area contributed by atoms with Crippen molar-refractivity contribution in [2.24, 2.45) is 0 Å². The van der Waals surface area contributed by atoms with Crippen LogP contribution in [0.3, 0.4) is 0 Å². The molecule has 1 heterocycles. The summed E-state index contributed by atoms with van der Waals surface area (Å²) >= 11 is 0. The first kappa shape index (κ1) is 16.8. The molecule has 0 saturated carbocycles. The molecule has 1 aromatic rings. The molecule has 0 aliphatic heterocycles. The van der Waals surface area contributed by atoms with Crippen molar-refractivity contribution < 1.29 is 14.7 Å². The molecule has 0 saturated heterocycles. The molecule has 0 fully saturated rings. The van der Waals surface area contributed by atoms with E-state index in [4.69, 9.17) is 5.11 Å². The fourth-order valence-electron chi connectivity index (χ4n) is 1.82. The number of nitrogens with one attached hydrogen (secondary N) is 1. The third-order valence-electron chi connectivity index (χ3n) is 3.05. The van der Waals surface area contributed by atoms with E-state index >= 15 is 0 Å². The molecule has 0 aliphatic carbocycles. The van der Waals surface area contributed by atoms with Crippen LogP contribution >= 0.6 is 0 Å². The van der Waals surface area contributed by atoms with Crippen molar-refractivity contribution in [3.05, 3.63) is 36.4 Å². The highest BCUT2D eigenvalue weighted by molar-refractivity contribution is 5.96. The topological polar surface area (TPSA) is 92.2 Å². The van der Waals surface area contributed by atoms with E-state index in [9.17, 15) is 9.59 Å². The number of aryl methyl sites for hydroxylation is 1. The van der Waals surface area contributed by atoms with Gasteiger partial charge < -0.3 is 10.4 Å². The van der Waals surface area contributed by atoms with Crippen molar-refractivity contribution in [3.63, 3.8) is 0 Å². The molecule has 0 spiro atoms. The highest BCUT2D eigenvalue weighted by Crippen LogP contribution is 2.07. The van der Waals surface area contributed by atoms with Gasteiger partial charge in [0, 0.05) is 12.4 Å². The number of carboxylic acids is 1. The van der Waals surface area contributed by atoms with Crippen LogP contribution in [-0.4, -0.2) is 33.0 Å². The summed E-state index contributed by atoms with van der Waals surface area (Å²) in [7, 11) is 0. The van der Waals surface area contributed by atoms with Crippen molar-refractivity contribution in [2.75, 3.05) is 0 Å². The van der Waals surface area contributed by atoms with Gasteiger partial charge in [0.25, 0.3) is 5.91 Å². The number of hydrogen-bond donors (Lipinski definition) is 2. The average Bonchev–Trinajstić information content (AvgIpc) is 2.46. The SMILES string of the molecule is C=CCCCCC[C@H](NC(=O)c1cnc(C)nc1)C(=O)O. The standard InChI is InChI=1S/C15H21N3O3/c1-3-4-5-6-7-8-13(15(20)21)18-14(19)12-9-16-11(2)17-10-12/h3,9-10,13H,1,4-8H2,2H3,(H,18,19)(H,20,21)/t13-/m0/s1. The number of rotatable bonds is 9. The van der Waals surface area contributed by atoms with Gasteiger partial charge in [-0.25, -0.2) is 14.8 Å². The highest BCUT2D eigenvalue weighted by Gasteiger charge is 2.20. The van der Waals surface area contributed by atoms with Gasteiger partial charge in [-0.15, -0.1) is 6.58 Å². The first-order chi connectivity index (χ1) is 10.0. The van der Waals surface area contributed by atoms with E-state index < -0.39 is 17.9 Å². The zero-order valence-corrected chi connectivity index (χ0v) is 12.2. The molecule has 1 amide bonds. The summed E-state index contributed by atoms with van der Waals surface area (Å²) < 4.78 is 0. The zero-order chi connectivity index (χ0) is 15.7. The van der Waals surface area contributed by atoms with Gasteiger partial charge in [-0.1, -0.05) is 18.9 Å². The first-order valence-electron chi connectivity index (χ1n) is 6.97. The molecule has 6 heteroatoms. The molecule has 1 atom stereocenters. The van der Waals surface area contributed by atoms with Crippen molar-refractivity contribution in [1.29, 1.82) is 0 Å². The second-order valence-corrected chi connectivity index (χ2v) is 4.81. The Balaban J connectivity index is 2.49. The van der Waals surface area contributed by atoms with Gasteiger partial charge in [-0.3, -0.25) is 4.79 Å². The van der Waals surface area contributed by atoms with Crippen LogP contribution in [0.15, 0.2) is 25.0 Å². The number of hydrogen-bond acceptors (Lipinski definition) is 4. The molecule has 1 rings (SSSR count). The first-order valence-corrected chi connectivity index (χ1v) is 6.97. The van der Waals surface area contributed by atoms with Crippen LogP contribution in [0.2, 0.25) is 0 Å². The quantitative estimate of drug-likeness (QED) is 0.537. The summed E-state index contributed by atoms with van der Waals surface area (Å²) in [5, 5.41) is 11.7. The number of nitrogens with zero attached hydrogens (tertiary/aromatic N) is 2. The molecule has 2 N–H and O–H groups in total. The van der Waals surface area contributed by atoms with Gasteiger partial charge in [0.2, 0.25) is 0 Å². The van der Waals surface area contributed by atoms with Crippen LogP contribution in [0.1, 0.15) is 48.3 Å². The van der Waals surface area contributed by atoms with Crippen LogP contribution in [0.25, 0.3) is 0 Å². The Bertz CT molecular complexity index is 485. The molecule has 0 unspecified atom stereocenters. The molecule has 0 aromatic carbocycles. The van der Waals surface area contributed by atoms with Gasteiger partial charge in [0.1, 0.15) is 11.9 Å². The predicted octanol–water partition coefficient (Wildman–Crippen LogP) is 2.10. The Morgan fingerprint density at radius 1 is 1.33 bits per heavy atom. The Kier molecular flexibility index (Phi) is 7.08. The summed E-state index contributed by atoms with van der Waals surface area (Å²) in [6.07, 6.45) is 8.59. The number of aliphatic carboxylic acids is 1. The zero-order valence-electron chi connectivity index (χ0n) is 12.2. The number of carboxylic acid groups (broad SMARTS) is 1. The van der Waals surface area contributed by atoms with Gasteiger partial charge in [0.05, 0.1) is 5.56 Å². The molecule has 1 aromatic heterocycles. The van der Waals surface area contributed by atoms with E-state index in [0.29, 0.717) is 12.2 Å². The number of amides is 1. The molecule has 0 aliphatic rings. The molecule has 0 radical (unpaired) electrons. The van der Waals surface area contributed by atoms with Crippen molar-refractivity contribution in [2.45, 2.75) is 45.1 Å². The van der Waals surface area contributed by atoms with Crippen LogP contribution < -0.4 is 5.32 Å². The Hall–Kier alpha value is -2.24. The molecular formula is C15H21N3O3. The van der Waals surface area contributed by atoms with Crippen molar-refractivity contribution in [3.8, 4) is 0 Å². The van der Waals surface area contributed by atoms with E-state index in [1.54, 1.807) is 6.92 Å². The average molecular weight is 291 g/mol. The highest BCUT2D eigenvalue weighted by atomic mass is 16.4. The van der Waals surface area contributed by atoms with Crippen LogP contribution in [-0.2, 0) is 4.79 Å². The van der Waals surface area contributed by atoms with Crippen molar-refractivity contribution in [1.82, 2.24) is 15.3 Å². The van der Waals surface area contributed by atoms with Crippen LogP contribution in [0.5, 0.6) is 0 Å². The Labute approximate surface area is 124 Å². The third-order valence-corrected chi connectivity index (χ3v) is 3.05. The Morgan fingerprint density at radius 3 is 2.57 bits per heavy atom. The van der Waals surface area contributed by atoms with Crippen LogP contribution in [0.4, 0.5) is 0 Å². The largest absolute Gasteiger partial charge is 0.480 e. The maximum absolute atomic E-state index is 11.9. The summed E-state index contributed by atoms with van der Waals surface area (Å²) in [5.74, 6) is -0.933. The minimum absolute atomic E-state index is 0.263. The molecule has 6 nitrogen and oxygen atoms in total. The van der Waals surface area contributed by atoms with E-state index in [1.807, 2.05) is 6.08 Å². The molecule has 114 valence electrons. The lowest BCUT2D eigenvalue weighted by atomic mass is 10.1. The van der Waals surface area contributed by atoms with Gasteiger partial charge in [-0.2, -0.15) is 0 Å². The van der Waals surface area contributed by atoms with Gasteiger partial charge in [0.15, 0.2) is 0 Å². The number of carbonyl (C=O) groups is 2. The van der Waals surface area contributed by atoms with Gasteiger partial charge >= 0.3 is 5.97 Å². The lowest BCUT2D eigenvalue weighted by molar-refractivity contribution is -0.139. The lowest BCUT2D eigenvalue weighted by Gasteiger charge is -2.14. The third kappa shape index (κ3) is 6.16. The summed E-state index contributed by atoms with van der Waals surface area (Å²) in [6, 6.07) is -0.887. The smallest absolute Gasteiger partial charge is 0.326 e. The monoisotopic (exact) mass is 291 g/mol. The number of allylic oxidation sites excluding steroid dienone is 1. The van der Waals surface area contributed by atoms with E-state index in [-0.39, 0.29) is 5.56 Å². The minimum atomic E-state index is -1.03. The van der Waals surface area contributed by atoms with Crippen LogP contribution in [0, 0.1) is 6.92 Å². The normalized spacial score (nSPS) is 11.7.